The van der Waals surface area contributed by atoms with Gasteiger partial charge in [0.25, 0.3) is 11.1 Å². The van der Waals surface area contributed by atoms with Crippen LogP contribution in [-0.4, -0.2) is 35.6 Å². The number of amides is 3. The zero-order valence-corrected chi connectivity index (χ0v) is 20.0. The van der Waals surface area contributed by atoms with Gasteiger partial charge in [0.15, 0.2) is 0 Å². The van der Waals surface area contributed by atoms with Crippen LogP contribution in [0.25, 0.3) is 17.4 Å². The van der Waals surface area contributed by atoms with E-state index in [1.807, 2.05) is 19.1 Å². The Kier molecular flexibility index (Phi) is 7.09. The van der Waals surface area contributed by atoms with Crippen molar-refractivity contribution in [2.24, 2.45) is 0 Å². The molecule has 174 valence electrons. The Morgan fingerprint density at radius 2 is 1.91 bits per heavy atom. The number of hydrogen-bond donors (Lipinski definition) is 1. The van der Waals surface area contributed by atoms with Crippen molar-refractivity contribution in [3.8, 4) is 17.1 Å². The Labute approximate surface area is 205 Å². The second-order valence-electron chi connectivity index (χ2n) is 7.41. The average molecular weight is 497 g/mol. The molecule has 34 heavy (non-hydrogen) atoms. The van der Waals surface area contributed by atoms with E-state index in [2.05, 4.69) is 5.32 Å². The number of thioether (sulfide) groups is 1. The van der Waals surface area contributed by atoms with Gasteiger partial charge in [-0.15, -0.1) is 0 Å². The van der Waals surface area contributed by atoms with Crippen LogP contribution >= 0.6 is 23.4 Å². The third-order valence-electron chi connectivity index (χ3n) is 5.15. The fraction of sp³-hybridized carbons (Fsp3) is 0.160. The summed E-state index contributed by atoms with van der Waals surface area (Å²) in [6.45, 7) is 1.67. The lowest BCUT2D eigenvalue weighted by molar-refractivity contribution is -0.127. The molecule has 1 fully saturated rings. The molecule has 7 nitrogen and oxygen atoms in total. The molecular formula is C25H21ClN2O5S. The van der Waals surface area contributed by atoms with Gasteiger partial charge in [0.05, 0.1) is 17.6 Å². The van der Waals surface area contributed by atoms with Gasteiger partial charge in [-0.25, -0.2) is 0 Å². The number of carbonyl (C=O) groups is 3. The number of halogens is 1. The first kappa shape index (κ1) is 23.7. The molecule has 0 bridgehead atoms. The summed E-state index contributed by atoms with van der Waals surface area (Å²) in [4.78, 5) is 38.6. The maximum Gasteiger partial charge on any atom is 0.294 e. The van der Waals surface area contributed by atoms with Crippen molar-refractivity contribution in [1.29, 1.82) is 0 Å². The van der Waals surface area contributed by atoms with E-state index in [0.29, 0.717) is 33.5 Å². The molecule has 1 aromatic heterocycles. The van der Waals surface area contributed by atoms with Crippen molar-refractivity contribution >= 4 is 52.2 Å². The van der Waals surface area contributed by atoms with E-state index in [1.165, 1.54) is 6.08 Å². The Morgan fingerprint density at radius 1 is 1.15 bits per heavy atom. The van der Waals surface area contributed by atoms with Gasteiger partial charge < -0.3 is 14.5 Å². The Bertz CT molecular complexity index is 1280. The van der Waals surface area contributed by atoms with Gasteiger partial charge in [0.1, 0.15) is 23.8 Å². The zero-order chi connectivity index (χ0) is 24.2. The van der Waals surface area contributed by atoms with Crippen molar-refractivity contribution in [3.05, 3.63) is 75.8 Å². The van der Waals surface area contributed by atoms with E-state index in [0.717, 1.165) is 28.6 Å². The Morgan fingerprint density at radius 3 is 2.62 bits per heavy atom. The second-order valence-corrected chi connectivity index (χ2v) is 8.84. The summed E-state index contributed by atoms with van der Waals surface area (Å²) in [6.07, 6.45) is 2.37. The molecule has 0 aliphatic carbocycles. The van der Waals surface area contributed by atoms with Gasteiger partial charge in [-0.1, -0.05) is 30.7 Å². The first-order chi connectivity index (χ1) is 16.4. The van der Waals surface area contributed by atoms with Crippen LogP contribution in [0.1, 0.15) is 18.2 Å². The second kappa shape index (κ2) is 10.2. The quantitative estimate of drug-likeness (QED) is 0.413. The van der Waals surface area contributed by atoms with E-state index in [1.54, 1.807) is 49.6 Å². The molecule has 1 saturated heterocycles. The largest absolute Gasteiger partial charge is 0.496 e. The molecule has 0 spiro atoms. The molecule has 9 heteroatoms. The van der Waals surface area contributed by atoms with Gasteiger partial charge in [-0.2, -0.15) is 0 Å². The zero-order valence-electron chi connectivity index (χ0n) is 18.5. The van der Waals surface area contributed by atoms with Crippen LogP contribution in [0.4, 0.5) is 10.5 Å². The van der Waals surface area contributed by atoms with Crippen LogP contribution in [0.15, 0.2) is 63.9 Å². The van der Waals surface area contributed by atoms with Gasteiger partial charge in [0, 0.05) is 16.8 Å². The van der Waals surface area contributed by atoms with Crippen molar-refractivity contribution in [1.82, 2.24) is 4.90 Å². The molecule has 0 saturated carbocycles. The number of imide groups is 1. The number of nitrogens with zero attached hydrogens (tertiary/aromatic N) is 1. The van der Waals surface area contributed by atoms with Crippen molar-refractivity contribution < 1.29 is 23.5 Å². The molecule has 4 rings (SSSR count). The fourth-order valence-corrected chi connectivity index (χ4v) is 4.37. The van der Waals surface area contributed by atoms with Crippen LogP contribution in [-0.2, 0) is 16.0 Å². The summed E-state index contributed by atoms with van der Waals surface area (Å²) in [6, 6.07) is 15.9. The average Bonchev–Trinajstić information content (AvgIpc) is 3.40. The number of aryl methyl sites for hydroxylation is 1. The van der Waals surface area contributed by atoms with Crippen LogP contribution in [0.2, 0.25) is 5.02 Å². The highest BCUT2D eigenvalue weighted by Gasteiger charge is 2.36. The normalized spacial score (nSPS) is 14.7. The highest BCUT2D eigenvalue weighted by atomic mass is 35.5. The number of ether oxygens (including phenoxy) is 1. The minimum absolute atomic E-state index is 0.170. The summed E-state index contributed by atoms with van der Waals surface area (Å²) in [5.41, 5.74) is 2.40. The third-order valence-corrected chi connectivity index (χ3v) is 6.29. The third kappa shape index (κ3) is 5.18. The van der Waals surface area contributed by atoms with Gasteiger partial charge in [-0.3, -0.25) is 19.3 Å². The number of methoxy groups -OCH3 is 1. The highest BCUT2D eigenvalue weighted by molar-refractivity contribution is 8.18. The van der Waals surface area contributed by atoms with Crippen molar-refractivity contribution in [3.63, 3.8) is 0 Å². The van der Waals surface area contributed by atoms with Crippen molar-refractivity contribution in [2.75, 3.05) is 19.0 Å². The SMILES string of the molecule is CCc1ccc(NC(=O)CN2C(=O)S/C(=C/c3ccc(-c4cc(Cl)ccc4OC)o3)C2=O)cc1. The molecule has 0 radical (unpaired) electrons. The van der Waals surface area contributed by atoms with Gasteiger partial charge in [0.2, 0.25) is 5.91 Å². The van der Waals surface area contributed by atoms with Crippen LogP contribution in [0.3, 0.4) is 0 Å². The maximum absolute atomic E-state index is 12.8. The van der Waals surface area contributed by atoms with Crippen molar-refractivity contribution in [2.45, 2.75) is 13.3 Å². The lowest BCUT2D eigenvalue weighted by Gasteiger charge is -2.12. The fourth-order valence-electron chi connectivity index (χ4n) is 3.38. The molecule has 3 aromatic rings. The Balaban J connectivity index is 1.46. The van der Waals surface area contributed by atoms with E-state index in [-0.39, 0.29) is 11.4 Å². The lowest BCUT2D eigenvalue weighted by Crippen LogP contribution is -2.36. The molecule has 1 aliphatic heterocycles. The highest BCUT2D eigenvalue weighted by Crippen LogP contribution is 2.36. The first-order valence-electron chi connectivity index (χ1n) is 10.5. The van der Waals surface area contributed by atoms with E-state index in [9.17, 15) is 14.4 Å². The molecule has 1 N–H and O–H groups in total. The summed E-state index contributed by atoms with van der Waals surface area (Å²) < 4.78 is 11.2. The Hall–Kier alpha value is -3.49. The predicted molar refractivity (Wildman–Crippen MR) is 133 cm³/mol. The van der Waals surface area contributed by atoms with E-state index in [4.69, 9.17) is 20.8 Å². The molecule has 1 aliphatic rings. The number of nitrogens with one attached hydrogen (secondary N) is 1. The number of carbonyl (C=O) groups excluding carboxylic acids is 3. The molecular weight excluding hydrogens is 476 g/mol. The maximum atomic E-state index is 12.8. The summed E-state index contributed by atoms with van der Waals surface area (Å²) in [5.74, 6) is 0.452. The summed E-state index contributed by atoms with van der Waals surface area (Å²) in [7, 11) is 1.54. The minimum atomic E-state index is -0.551. The van der Waals surface area contributed by atoms with Crippen LogP contribution < -0.4 is 10.1 Å². The number of hydrogen-bond acceptors (Lipinski definition) is 6. The summed E-state index contributed by atoms with van der Waals surface area (Å²) >= 11 is 6.85. The first-order valence-corrected chi connectivity index (χ1v) is 11.6. The molecule has 0 atom stereocenters. The topological polar surface area (TPSA) is 88.8 Å². The number of rotatable bonds is 7. The number of benzene rings is 2. The van der Waals surface area contributed by atoms with E-state index < -0.39 is 17.1 Å². The molecule has 3 amide bonds. The smallest absolute Gasteiger partial charge is 0.294 e. The standard InChI is InChI=1S/C25H21ClN2O5S/c1-3-15-4-7-17(8-5-15)27-23(29)14-28-24(30)22(34-25(28)31)13-18-9-11-21(33-18)19-12-16(26)6-10-20(19)32-2/h4-13H,3,14H2,1-2H3,(H,27,29)/b22-13+. The predicted octanol–water partition coefficient (Wildman–Crippen LogP) is 5.85. The monoisotopic (exact) mass is 496 g/mol. The molecule has 0 unspecified atom stereocenters. The molecule has 2 heterocycles. The summed E-state index contributed by atoms with van der Waals surface area (Å²) in [5, 5.41) is 2.71. The minimum Gasteiger partial charge on any atom is -0.496 e. The lowest BCUT2D eigenvalue weighted by atomic mass is 10.1. The van der Waals surface area contributed by atoms with Gasteiger partial charge in [-0.05, 0) is 66.2 Å². The van der Waals surface area contributed by atoms with Crippen LogP contribution in [0, 0.1) is 0 Å². The number of anilines is 1. The van der Waals surface area contributed by atoms with Crippen LogP contribution in [0.5, 0.6) is 5.75 Å². The van der Waals surface area contributed by atoms with Gasteiger partial charge >= 0.3 is 0 Å². The molecule has 2 aromatic carbocycles. The number of furan rings is 1. The van der Waals surface area contributed by atoms with E-state index >= 15 is 0 Å².